The molecule has 1 saturated heterocycles. The molecule has 7 nitrogen and oxygen atoms in total. The van der Waals surface area contributed by atoms with Gasteiger partial charge in [0.25, 0.3) is 0 Å². The number of rotatable bonds is 4. The lowest BCUT2D eigenvalue weighted by Crippen LogP contribution is -2.42. The van der Waals surface area contributed by atoms with Crippen LogP contribution in [0.1, 0.15) is 45.6 Å². The molecular weight excluding hydrogens is 304 g/mol. The zero-order valence-corrected chi connectivity index (χ0v) is 14.5. The van der Waals surface area contributed by atoms with Crippen LogP contribution in [0.2, 0.25) is 0 Å². The molecule has 2 fully saturated rings. The van der Waals surface area contributed by atoms with Gasteiger partial charge in [-0.1, -0.05) is 6.92 Å². The molecule has 1 N–H and O–H groups in total. The van der Waals surface area contributed by atoms with Crippen LogP contribution in [-0.4, -0.2) is 52.9 Å². The molecule has 24 heavy (non-hydrogen) atoms. The second-order valence-corrected chi connectivity index (χ2v) is 6.87. The zero-order chi connectivity index (χ0) is 17.2. The molecule has 1 aromatic rings. The van der Waals surface area contributed by atoms with E-state index < -0.39 is 0 Å². The van der Waals surface area contributed by atoms with E-state index in [4.69, 9.17) is 0 Å². The molecule has 0 bridgehead atoms. The monoisotopic (exact) mass is 330 g/mol. The molecule has 0 atom stereocenters. The number of carbonyl (C=O) groups excluding carboxylic acids is 1. The van der Waals surface area contributed by atoms with Crippen LogP contribution in [0.3, 0.4) is 0 Å². The highest BCUT2D eigenvalue weighted by molar-refractivity contribution is 5.96. The van der Waals surface area contributed by atoms with Crippen molar-refractivity contribution >= 4 is 24.3 Å². The quantitative estimate of drug-likeness (QED) is 0.680. The molecule has 0 aromatic carbocycles. The van der Waals surface area contributed by atoms with Gasteiger partial charge in [-0.2, -0.15) is 5.10 Å². The number of anilines is 1. The highest BCUT2D eigenvalue weighted by Crippen LogP contribution is 2.47. The van der Waals surface area contributed by atoms with E-state index >= 15 is 0 Å². The first-order valence-electron chi connectivity index (χ1n) is 8.67. The molecule has 7 heteroatoms. The number of guanidine groups is 1. The maximum Gasteiger partial charge on any atom is 0.228 e. The zero-order valence-electron chi connectivity index (χ0n) is 14.5. The van der Waals surface area contributed by atoms with Crippen LogP contribution in [-0.2, 0) is 4.79 Å². The molecule has 1 amide bonds. The van der Waals surface area contributed by atoms with Crippen molar-refractivity contribution in [2.45, 2.75) is 45.6 Å². The van der Waals surface area contributed by atoms with Gasteiger partial charge in [0.1, 0.15) is 0 Å². The second-order valence-electron chi connectivity index (χ2n) is 6.87. The standard InChI is InChI=1S/C17H26N6O/c1-4-19-16(18-3)21-13-11-20-23(12-13)14-5-9-22(10-6-14)15(24)17(2)7-8-17/h11-12,14H,3-10H2,1-2H3,(H,19,21). The SMILES string of the molecule is C=N/C(=N\CC)Nc1cnn(C2CCN(C(=O)C3(C)CC3)CC2)c1. The van der Waals surface area contributed by atoms with Crippen LogP contribution in [0.15, 0.2) is 22.4 Å². The molecule has 1 aliphatic carbocycles. The van der Waals surface area contributed by atoms with Crippen LogP contribution >= 0.6 is 0 Å². The summed E-state index contributed by atoms with van der Waals surface area (Å²) in [6.45, 7) is 9.83. The van der Waals surface area contributed by atoms with Crippen LogP contribution in [0.4, 0.5) is 5.69 Å². The Kier molecular flexibility index (Phi) is 4.69. The van der Waals surface area contributed by atoms with Crippen molar-refractivity contribution in [1.82, 2.24) is 14.7 Å². The number of likely N-dealkylation sites (tertiary alicyclic amines) is 1. The molecule has 2 heterocycles. The molecule has 0 spiro atoms. The Balaban J connectivity index is 1.56. The number of piperidine rings is 1. The van der Waals surface area contributed by atoms with Gasteiger partial charge in [0.15, 0.2) is 0 Å². The maximum atomic E-state index is 12.4. The largest absolute Gasteiger partial charge is 0.342 e. The Bertz CT molecular complexity index is 637. The van der Waals surface area contributed by atoms with E-state index in [-0.39, 0.29) is 5.41 Å². The van der Waals surface area contributed by atoms with Gasteiger partial charge in [-0.15, -0.1) is 0 Å². The van der Waals surface area contributed by atoms with E-state index in [9.17, 15) is 4.79 Å². The highest BCUT2D eigenvalue weighted by atomic mass is 16.2. The number of aromatic nitrogens is 2. The maximum absolute atomic E-state index is 12.4. The molecule has 0 radical (unpaired) electrons. The lowest BCUT2D eigenvalue weighted by Gasteiger charge is -2.33. The van der Waals surface area contributed by atoms with Crippen molar-refractivity contribution in [1.29, 1.82) is 0 Å². The van der Waals surface area contributed by atoms with Crippen molar-refractivity contribution in [3.8, 4) is 0 Å². The normalized spacial score (nSPS) is 20.8. The Morgan fingerprint density at radius 2 is 2.17 bits per heavy atom. The minimum atomic E-state index is -0.0671. The van der Waals surface area contributed by atoms with Gasteiger partial charge >= 0.3 is 0 Å². The van der Waals surface area contributed by atoms with Gasteiger partial charge in [-0.3, -0.25) is 14.5 Å². The predicted molar refractivity (Wildman–Crippen MR) is 95.6 cm³/mol. The Morgan fingerprint density at radius 1 is 1.46 bits per heavy atom. The summed E-state index contributed by atoms with van der Waals surface area (Å²) in [5.41, 5.74) is 0.793. The highest BCUT2D eigenvalue weighted by Gasteiger charge is 2.47. The molecule has 1 saturated carbocycles. The average molecular weight is 330 g/mol. The minimum absolute atomic E-state index is 0.0671. The van der Waals surface area contributed by atoms with Crippen molar-refractivity contribution in [3.63, 3.8) is 0 Å². The third kappa shape index (κ3) is 3.49. The summed E-state index contributed by atoms with van der Waals surface area (Å²) in [5.74, 6) is 0.844. The Morgan fingerprint density at radius 3 is 2.75 bits per heavy atom. The summed E-state index contributed by atoms with van der Waals surface area (Å²) in [7, 11) is 0. The lowest BCUT2D eigenvalue weighted by atomic mass is 10.0. The van der Waals surface area contributed by atoms with Crippen LogP contribution < -0.4 is 5.32 Å². The van der Waals surface area contributed by atoms with E-state index in [2.05, 4.69) is 34.0 Å². The average Bonchev–Trinajstić information content (AvgIpc) is 3.18. The number of amides is 1. The van der Waals surface area contributed by atoms with Gasteiger partial charge < -0.3 is 10.2 Å². The summed E-state index contributed by atoms with van der Waals surface area (Å²) in [4.78, 5) is 22.5. The predicted octanol–water partition coefficient (Wildman–Crippen LogP) is 2.34. The molecule has 1 aromatic heterocycles. The second kappa shape index (κ2) is 6.75. The van der Waals surface area contributed by atoms with Crippen LogP contribution in [0, 0.1) is 5.41 Å². The topological polar surface area (TPSA) is 74.9 Å². The van der Waals surface area contributed by atoms with Gasteiger partial charge in [0, 0.05) is 31.2 Å². The third-order valence-corrected chi connectivity index (χ3v) is 4.96. The molecule has 1 aliphatic heterocycles. The van der Waals surface area contributed by atoms with Gasteiger partial charge in [0.2, 0.25) is 11.9 Å². The summed E-state index contributed by atoms with van der Waals surface area (Å²) in [6, 6.07) is 0.333. The summed E-state index contributed by atoms with van der Waals surface area (Å²) in [5, 5.41) is 7.57. The van der Waals surface area contributed by atoms with E-state index in [1.54, 1.807) is 6.20 Å². The van der Waals surface area contributed by atoms with Gasteiger partial charge in [0.05, 0.1) is 17.9 Å². The number of aliphatic imine (C=N–C) groups is 2. The van der Waals surface area contributed by atoms with Crippen molar-refractivity contribution in [3.05, 3.63) is 12.4 Å². The molecule has 130 valence electrons. The van der Waals surface area contributed by atoms with E-state index in [1.165, 1.54) is 0 Å². The van der Waals surface area contributed by atoms with E-state index in [1.807, 2.05) is 22.7 Å². The first-order chi connectivity index (χ1) is 11.6. The van der Waals surface area contributed by atoms with E-state index in [0.717, 1.165) is 44.5 Å². The van der Waals surface area contributed by atoms with E-state index in [0.29, 0.717) is 24.5 Å². The summed E-state index contributed by atoms with van der Waals surface area (Å²) < 4.78 is 1.98. The number of hydrogen-bond donors (Lipinski definition) is 1. The number of hydrogen-bond acceptors (Lipinski definition) is 3. The fourth-order valence-corrected chi connectivity index (χ4v) is 3.13. The smallest absolute Gasteiger partial charge is 0.228 e. The lowest BCUT2D eigenvalue weighted by molar-refractivity contribution is -0.137. The number of nitrogens with zero attached hydrogens (tertiary/aromatic N) is 5. The molecule has 2 aliphatic rings. The molecular formula is C17H26N6O. The van der Waals surface area contributed by atoms with Gasteiger partial charge in [-0.25, -0.2) is 4.99 Å². The van der Waals surface area contributed by atoms with Crippen LogP contribution in [0.5, 0.6) is 0 Å². The Hall–Kier alpha value is -2.18. The van der Waals surface area contributed by atoms with Crippen molar-refractivity contribution in [2.75, 3.05) is 25.0 Å². The third-order valence-electron chi connectivity index (χ3n) is 4.96. The Labute approximate surface area is 142 Å². The number of carbonyl (C=O) groups is 1. The fourth-order valence-electron chi connectivity index (χ4n) is 3.13. The van der Waals surface area contributed by atoms with Crippen molar-refractivity contribution in [2.24, 2.45) is 15.4 Å². The first-order valence-corrected chi connectivity index (χ1v) is 8.67. The summed E-state index contributed by atoms with van der Waals surface area (Å²) >= 11 is 0. The molecule has 0 unspecified atom stereocenters. The van der Waals surface area contributed by atoms with Gasteiger partial charge in [-0.05, 0) is 39.3 Å². The van der Waals surface area contributed by atoms with Crippen molar-refractivity contribution < 1.29 is 4.79 Å². The number of nitrogens with one attached hydrogen (secondary N) is 1. The van der Waals surface area contributed by atoms with Crippen LogP contribution in [0.25, 0.3) is 0 Å². The first kappa shape index (κ1) is 16.7. The minimum Gasteiger partial charge on any atom is -0.342 e. The summed E-state index contributed by atoms with van der Waals surface area (Å²) in [6.07, 6.45) is 7.72. The fraction of sp³-hybridized carbons (Fsp3) is 0.647. The molecule has 3 rings (SSSR count).